The standard InChI is InChI=1S/C12H22N4O.HI/c1-5-10-9(11(6-2)17-16-10)8-15-12(13-4)14-7-3;/h5-8H2,1-4H3,(H2,13,14,15);1H. The largest absolute Gasteiger partial charge is 0.361 e. The van der Waals surface area contributed by atoms with E-state index in [0.29, 0.717) is 6.54 Å². The van der Waals surface area contributed by atoms with Gasteiger partial charge in [0.1, 0.15) is 5.76 Å². The highest BCUT2D eigenvalue weighted by Gasteiger charge is 2.13. The molecule has 0 atom stereocenters. The van der Waals surface area contributed by atoms with Crippen molar-refractivity contribution in [3.63, 3.8) is 0 Å². The Morgan fingerprint density at radius 3 is 2.44 bits per heavy atom. The first-order valence-corrected chi connectivity index (χ1v) is 6.17. The Morgan fingerprint density at radius 1 is 1.22 bits per heavy atom. The molecule has 0 aliphatic heterocycles. The van der Waals surface area contributed by atoms with Gasteiger partial charge in [0.25, 0.3) is 0 Å². The molecule has 0 saturated carbocycles. The van der Waals surface area contributed by atoms with Crippen molar-refractivity contribution in [3.05, 3.63) is 17.0 Å². The van der Waals surface area contributed by atoms with Crippen molar-refractivity contribution < 1.29 is 4.52 Å². The monoisotopic (exact) mass is 366 g/mol. The van der Waals surface area contributed by atoms with E-state index in [9.17, 15) is 0 Å². The SMILES string of the molecule is CCNC(=NC)NCc1c(CC)noc1CC.I. The van der Waals surface area contributed by atoms with E-state index < -0.39 is 0 Å². The van der Waals surface area contributed by atoms with Crippen LogP contribution in [0.1, 0.15) is 37.8 Å². The van der Waals surface area contributed by atoms with E-state index in [4.69, 9.17) is 4.52 Å². The number of guanidine groups is 1. The fourth-order valence-corrected chi connectivity index (χ4v) is 1.70. The maximum Gasteiger partial charge on any atom is 0.191 e. The zero-order valence-corrected chi connectivity index (χ0v) is 13.9. The molecule has 104 valence electrons. The minimum atomic E-state index is 0. The third-order valence-corrected chi connectivity index (χ3v) is 2.61. The summed E-state index contributed by atoms with van der Waals surface area (Å²) < 4.78 is 5.31. The van der Waals surface area contributed by atoms with Gasteiger partial charge < -0.3 is 15.2 Å². The molecule has 6 heteroatoms. The van der Waals surface area contributed by atoms with Crippen LogP contribution in [0.2, 0.25) is 0 Å². The third-order valence-electron chi connectivity index (χ3n) is 2.61. The predicted octanol–water partition coefficient (Wildman–Crippen LogP) is 2.10. The van der Waals surface area contributed by atoms with Gasteiger partial charge in [0, 0.05) is 32.1 Å². The summed E-state index contributed by atoms with van der Waals surface area (Å²) in [6, 6.07) is 0. The summed E-state index contributed by atoms with van der Waals surface area (Å²) in [4.78, 5) is 4.13. The van der Waals surface area contributed by atoms with Crippen molar-refractivity contribution >= 4 is 29.9 Å². The molecule has 1 aromatic heterocycles. The molecule has 0 unspecified atom stereocenters. The van der Waals surface area contributed by atoms with E-state index in [-0.39, 0.29) is 24.0 Å². The smallest absolute Gasteiger partial charge is 0.191 e. The van der Waals surface area contributed by atoms with Crippen LogP contribution in [0.3, 0.4) is 0 Å². The maximum absolute atomic E-state index is 5.31. The van der Waals surface area contributed by atoms with Crippen LogP contribution >= 0.6 is 24.0 Å². The van der Waals surface area contributed by atoms with Crippen molar-refractivity contribution in [1.29, 1.82) is 0 Å². The predicted molar refractivity (Wildman–Crippen MR) is 84.5 cm³/mol. The van der Waals surface area contributed by atoms with Crippen molar-refractivity contribution in [2.75, 3.05) is 13.6 Å². The van der Waals surface area contributed by atoms with Gasteiger partial charge in [-0.1, -0.05) is 19.0 Å². The number of aryl methyl sites for hydroxylation is 2. The fraction of sp³-hybridized carbons (Fsp3) is 0.667. The molecule has 2 N–H and O–H groups in total. The number of hydrogen-bond acceptors (Lipinski definition) is 3. The lowest BCUT2D eigenvalue weighted by molar-refractivity contribution is 0.380. The number of nitrogens with one attached hydrogen (secondary N) is 2. The Balaban J connectivity index is 0.00000289. The minimum absolute atomic E-state index is 0. The van der Waals surface area contributed by atoms with Gasteiger partial charge in [-0.25, -0.2) is 0 Å². The van der Waals surface area contributed by atoms with Crippen LogP contribution in [-0.4, -0.2) is 24.7 Å². The lowest BCUT2D eigenvalue weighted by Gasteiger charge is -2.10. The average molecular weight is 366 g/mol. The number of rotatable bonds is 5. The fourth-order valence-electron chi connectivity index (χ4n) is 1.70. The molecular weight excluding hydrogens is 343 g/mol. The molecule has 0 spiro atoms. The Morgan fingerprint density at radius 2 is 1.94 bits per heavy atom. The number of aliphatic imine (C=N–C) groups is 1. The van der Waals surface area contributed by atoms with E-state index >= 15 is 0 Å². The zero-order valence-electron chi connectivity index (χ0n) is 11.5. The van der Waals surface area contributed by atoms with Crippen molar-refractivity contribution in [1.82, 2.24) is 15.8 Å². The average Bonchev–Trinajstić information content (AvgIpc) is 2.76. The lowest BCUT2D eigenvalue weighted by atomic mass is 10.1. The molecule has 0 bridgehead atoms. The van der Waals surface area contributed by atoms with E-state index in [1.54, 1.807) is 7.05 Å². The van der Waals surface area contributed by atoms with Gasteiger partial charge in [-0.15, -0.1) is 24.0 Å². The summed E-state index contributed by atoms with van der Waals surface area (Å²) in [6.07, 6.45) is 1.75. The summed E-state index contributed by atoms with van der Waals surface area (Å²) in [5, 5.41) is 10.5. The summed E-state index contributed by atoms with van der Waals surface area (Å²) >= 11 is 0. The molecule has 0 radical (unpaired) electrons. The maximum atomic E-state index is 5.31. The molecule has 1 heterocycles. The third kappa shape index (κ3) is 4.47. The van der Waals surface area contributed by atoms with Crippen LogP contribution in [0.5, 0.6) is 0 Å². The molecule has 0 aliphatic carbocycles. The van der Waals surface area contributed by atoms with Crippen LogP contribution in [0, 0.1) is 0 Å². The highest BCUT2D eigenvalue weighted by Crippen LogP contribution is 2.15. The van der Waals surface area contributed by atoms with Gasteiger partial charge >= 0.3 is 0 Å². The molecule has 1 aromatic rings. The van der Waals surface area contributed by atoms with Crippen LogP contribution in [0.4, 0.5) is 0 Å². The lowest BCUT2D eigenvalue weighted by Crippen LogP contribution is -2.36. The Bertz CT molecular complexity index is 355. The van der Waals surface area contributed by atoms with Gasteiger partial charge in [-0.2, -0.15) is 0 Å². The topological polar surface area (TPSA) is 62.5 Å². The first-order valence-electron chi connectivity index (χ1n) is 6.17. The number of nitrogens with zero attached hydrogens (tertiary/aromatic N) is 2. The number of hydrogen-bond donors (Lipinski definition) is 2. The van der Waals surface area contributed by atoms with Crippen LogP contribution in [0.25, 0.3) is 0 Å². The minimum Gasteiger partial charge on any atom is -0.361 e. The van der Waals surface area contributed by atoms with Gasteiger partial charge in [0.15, 0.2) is 5.96 Å². The number of halogens is 1. The molecule has 0 saturated heterocycles. The zero-order chi connectivity index (χ0) is 12.7. The van der Waals surface area contributed by atoms with Crippen molar-refractivity contribution in [2.45, 2.75) is 40.2 Å². The molecule has 1 rings (SSSR count). The van der Waals surface area contributed by atoms with E-state index in [0.717, 1.165) is 42.4 Å². The Hall–Kier alpha value is -0.790. The second-order valence-corrected chi connectivity index (χ2v) is 3.69. The first-order chi connectivity index (χ1) is 8.26. The van der Waals surface area contributed by atoms with Crippen LogP contribution in [-0.2, 0) is 19.4 Å². The second kappa shape index (κ2) is 9.18. The van der Waals surface area contributed by atoms with Crippen molar-refractivity contribution in [2.24, 2.45) is 4.99 Å². The van der Waals surface area contributed by atoms with Crippen molar-refractivity contribution in [3.8, 4) is 0 Å². The van der Waals surface area contributed by atoms with E-state index in [1.807, 2.05) is 6.92 Å². The van der Waals surface area contributed by atoms with Crippen LogP contribution < -0.4 is 10.6 Å². The molecule has 0 aromatic carbocycles. The van der Waals surface area contributed by atoms with Gasteiger partial charge in [0.05, 0.1) is 5.69 Å². The summed E-state index contributed by atoms with van der Waals surface area (Å²) in [6.45, 7) is 7.75. The number of aromatic nitrogens is 1. The van der Waals surface area contributed by atoms with E-state index in [2.05, 4.69) is 34.6 Å². The normalized spacial score (nSPS) is 11.0. The molecule has 5 nitrogen and oxygen atoms in total. The van der Waals surface area contributed by atoms with Crippen LogP contribution in [0.15, 0.2) is 9.52 Å². The highest BCUT2D eigenvalue weighted by molar-refractivity contribution is 14.0. The van der Waals surface area contributed by atoms with Gasteiger partial charge in [-0.05, 0) is 13.3 Å². The molecular formula is C12H23IN4O. The second-order valence-electron chi connectivity index (χ2n) is 3.69. The summed E-state index contributed by atoms with van der Waals surface area (Å²) in [7, 11) is 1.76. The van der Waals surface area contributed by atoms with E-state index in [1.165, 1.54) is 0 Å². The Kier molecular flexibility index (Phi) is 8.78. The first kappa shape index (κ1) is 17.2. The van der Waals surface area contributed by atoms with Gasteiger partial charge in [0.2, 0.25) is 0 Å². The summed E-state index contributed by atoms with van der Waals surface area (Å²) in [5.41, 5.74) is 2.19. The summed E-state index contributed by atoms with van der Waals surface area (Å²) in [5.74, 6) is 1.76. The quantitative estimate of drug-likeness (QED) is 0.476. The Labute approximate surface area is 126 Å². The molecule has 0 aliphatic rings. The molecule has 0 amide bonds. The molecule has 0 fully saturated rings. The van der Waals surface area contributed by atoms with Gasteiger partial charge in [-0.3, -0.25) is 4.99 Å². The molecule has 18 heavy (non-hydrogen) atoms. The highest BCUT2D eigenvalue weighted by atomic mass is 127.